The van der Waals surface area contributed by atoms with E-state index in [0.717, 1.165) is 26.1 Å². The van der Waals surface area contributed by atoms with Crippen molar-refractivity contribution in [2.24, 2.45) is 0 Å². The highest BCUT2D eigenvalue weighted by molar-refractivity contribution is 5.74. The van der Waals surface area contributed by atoms with E-state index in [1.54, 1.807) is 4.90 Å². The number of piperidine rings is 1. The Balaban J connectivity index is 2.52. The molecule has 0 saturated carbocycles. The molecule has 0 bridgehead atoms. The van der Waals surface area contributed by atoms with Gasteiger partial charge >= 0.3 is 6.03 Å². The van der Waals surface area contributed by atoms with Crippen molar-refractivity contribution in [3.8, 4) is 0 Å². The highest BCUT2D eigenvalue weighted by atomic mass is 16.2. The molecule has 0 aromatic heterocycles. The molecule has 1 unspecified atom stereocenters. The van der Waals surface area contributed by atoms with Crippen LogP contribution in [0.4, 0.5) is 4.79 Å². The van der Waals surface area contributed by atoms with E-state index in [1.165, 1.54) is 6.42 Å². The van der Waals surface area contributed by atoms with Crippen LogP contribution in [0.2, 0.25) is 0 Å². The van der Waals surface area contributed by atoms with Crippen LogP contribution in [0.3, 0.4) is 0 Å². The number of rotatable bonds is 2. The molecule has 15 heavy (non-hydrogen) atoms. The van der Waals surface area contributed by atoms with Gasteiger partial charge in [0.15, 0.2) is 0 Å². The summed E-state index contributed by atoms with van der Waals surface area (Å²) in [5.41, 5.74) is 0. The van der Waals surface area contributed by atoms with Crippen LogP contribution in [0.5, 0.6) is 0 Å². The Bertz CT molecular complexity index is 218. The number of urea groups is 1. The third kappa shape index (κ3) is 3.09. The van der Waals surface area contributed by atoms with Crippen LogP contribution in [0.1, 0.15) is 19.8 Å². The topological polar surface area (TPSA) is 26.8 Å². The molecule has 0 radical (unpaired) electrons. The number of likely N-dealkylation sites (tertiary alicyclic amines) is 1. The predicted octanol–water partition coefficient (Wildman–Crippen LogP) is 1.08. The Morgan fingerprint density at radius 3 is 2.60 bits per heavy atom. The molecule has 0 aliphatic carbocycles. The van der Waals surface area contributed by atoms with Gasteiger partial charge in [-0.2, -0.15) is 0 Å². The number of amides is 2. The highest BCUT2D eigenvalue weighted by Crippen LogP contribution is 2.14. The first-order valence-corrected chi connectivity index (χ1v) is 5.72. The Morgan fingerprint density at radius 1 is 1.40 bits per heavy atom. The van der Waals surface area contributed by atoms with E-state index in [1.807, 2.05) is 18.9 Å². The summed E-state index contributed by atoms with van der Waals surface area (Å²) >= 11 is 0. The van der Waals surface area contributed by atoms with E-state index in [2.05, 4.69) is 19.0 Å². The molecule has 1 heterocycles. The summed E-state index contributed by atoms with van der Waals surface area (Å²) < 4.78 is 0. The first kappa shape index (κ1) is 12.3. The predicted molar refractivity (Wildman–Crippen MR) is 62.0 cm³/mol. The van der Waals surface area contributed by atoms with Gasteiger partial charge in [-0.05, 0) is 33.9 Å². The molecule has 1 fully saturated rings. The zero-order valence-electron chi connectivity index (χ0n) is 10.4. The van der Waals surface area contributed by atoms with Gasteiger partial charge in [0, 0.05) is 32.7 Å². The summed E-state index contributed by atoms with van der Waals surface area (Å²) in [5, 5.41) is 0. The molecule has 1 aliphatic rings. The van der Waals surface area contributed by atoms with E-state index in [0.29, 0.717) is 6.04 Å². The van der Waals surface area contributed by atoms with E-state index < -0.39 is 0 Å². The molecule has 1 aliphatic heterocycles. The van der Waals surface area contributed by atoms with Gasteiger partial charge in [-0.3, -0.25) is 0 Å². The smallest absolute Gasteiger partial charge is 0.319 e. The maximum absolute atomic E-state index is 11.9. The molecule has 88 valence electrons. The molecule has 2 amide bonds. The second-order valence-electron chi connectivity index (χ2n) is 4.50. The third-order valence-corrected chi connectivity index (χ3v) is 3.20. The van der Waals surface area contributed by atoms with Gasteiger partial charge in [0.1, 0.15) is 0 Å². The lowest BCUT2D eigenvalue weighted by Gasteiger charge is -2.37. The van der Waals surface area contributed by atoms with Gasteiger partial charge in [-0.15, -0.1) is 0 Å². The van der Waals surface area contributed by atoms with Crippen molar-refractivity contribution in [1.29, 1.82) is 0 Å². The molecule has 0 aromatic carbocycles. The van der Waals surface area contributed by atoms with Gasteiger partial charge in [0.25, 0.3) is 0 Å². The normalized spacial score (nSPS) is 21.9. The molecule has 0 aromatic rings. The van der Waals surface area contributed by atoms with Crippen molar-refractivity contribution in [1.82, 2.24) is 14.7 Å². The summed E-state index contributed by atoms with van der Waals surface area (Å²) in [4.78, 5) is 17.9. The largest absolute Gasteiger partial charge is 0.328 e. The van der Waals surface area contributed by atoms with Crippen molar-refractivity contribution in [3.63, 3.8) is 0 Å². The SMILES string of the molecule is CCN(C)C(=O)N1CCCC(N(C)C)C1. The maximum atomic E-state index is 11.9. The Labute approximate surface area is 92.8 Å². The second-order valence-corrected chi connectivity index (χ2v) is 4.50. The standard InChI is InChI=1S/C11H23N3O/c1-5-13(4)11(15)14-8-6-7-10(9-14)12(2)3/h10H,5-9H2,1-4H3. The van der Waals surface area contributed by atoms with Gasteiger partial charge in [-0.1, -0.05) is 0 Å². The van der Waals surface area contributed by atoms with Gasteiger partial charge < -0.3 is 14.7 Å². The lowest BCUT2D eigenvalue weighted by Crippen LogP contribution is -2.51. The first-order valence-electron chi connectivity index (χ1n) is 5.72. The molecule has 1 saturated heterocycles. The minimum absolute atomic E-state index is 0.170. The Hall–Kier alpha value is -0.770. The molecule has 1 rings (SSSR count). The molecule has 4 heteroatoms. The number of carbonyl (C=O) groups is 1. The summed E-state index contributed by atoms with van der Waals surface area (Å²) in [6, 6.07) is 0.692. The summed E-state index contributed by atoms with van der Waals surface area (Å²) in [7, 11) is 6.03. The average Bonchev–Trinajstić information content (AvgIpc) is 2.27. The van der Waals surface area contributed by atoms with Crippen LogP contribution in [0, 0.1) is 0 Å². The summed E-state index contributed by atoms with van der Waals surface area (Å²) in [6.45, 7) is 4.57. The van der Waals surface area contributed by atoms with Crippen LogP contribution in [0.15, 0.2) is 0 Å². The maximum Gasteiger partial charge on any atom is 0.319 e. The van der Waals surface area contributed by atoms with Crippen molar-refractivity contribution in [2.75, 3.05) is 40.8 Å². The van der Waals surface area contributed by atoms with Gasteiger partial charge in [0.05, 0.1) is 0 Å². The van der Waals surface area contributed by atoms with Crippen LogP contribution in [-0.4, -0.2) is 67.5 Å². The molecular weight excluding hydrogens is 190 g/mol. The zero-order valence-corrected chi connectivity index (χ0v) is 10.4. The quantitative estimate of drug-likeness (QED) is 0.686. The van der Waals surface area contributed by atoms with E-state index in [-0.39, 0.29) is 6.03 Å². The fourth-order valence-corrected chi connectivity index (χ4v) is 1.93. The molecular formula is C11H23N3O. The third-order valence-electron chi connectivity index (χ3n) is 3.20. The minimum Gasteiger partial charge on any atom is -0.328 e. The van der Waals surface area contributed by atoms with Crippen LogP contribution in [-0.2, 0) is 0 Å². The van der Waals surface area contributed by atoms with E-state index in [4.69, 9.17) is 0 Å². The minimum atomic E-state index is 0.170. The fourth-order valence-electron chi connectivity index (χ4n) is 1.93. The number of hydrogen-bond donors (Lipinski definition) is 0. The zero-order chi connectivity index (χ0) is 11.4. The number of likely N-dealkylation sites (N-methyl/N-ethyl adjacent to an activating group) is 1. The molecule has 0 N–H and O–H groups in total. The number of hydrogen-bond acceptors (Lipinski definition) is 2. The van der Waals surface area contributed by atoms with Crippen molar-refractivity contribution < 1.29 is 4.79 Å². The number of nitrogens with zero attached hydrogens (tertiary/aromatic N) is 3. The first-order chi connectivity index (χ1) is 7.06. The average molecular weight is 213 g/mol. The van der Waals surface area contributed by atoms with E-state index >= 15 is 0 Å². The number of carbonyl (C=O) groups excluding carboxylic acids is 1. The molecule has 4 nitrogen and oxygen atoms in total. The fraction of sp³-hybridized carbons (Fsp3) is 0.909. The Morgan fingerprint density at radius 2 is 2.07 bits per heavy atom. The van der Waals surface area contributed by atoms with Crippen molar-refractivity contribution in [2.45, 2.75) is 25.8 Å². The van der Waals surface area contributed by atoms with Crippen LogP contribution < -0.4 is 0 Å². The highest BCUT2D eigenvalue weighted by Gasteiger charge is 2.25. The summed E-state index contributed by atoms with van der Waals surface area (Å²) in [6.07, 6.45) is 2.32. The van der Waals surface area contributed by atoms with Gasteiger partial charge in [0.2, 0.25) is 0 Å². The molecule has 1 atom stereocenters. The van der Waals surface area contributed by atoms with Gasteiger partial charge in [-0.25, -0.2) is 4.79 Å². The van der Waals surface area contributed by atoms with E-state index in [9.17, 15) is 4.79 Å². The molecule has 0 spiro atoms. The van der Waals surface area contributed by atoms with Crippen molar-refractivity contribution in [3.05, 3.63) is 0 Å². The Kier molecular flexibility index (Phi) is 4.39. The second kappa shape index (κ2) is 5.35. The monoisotopic (exact) mass is 213 g/mol. The van der Waals surface area contributed by atoms with Crippen molar-refractivity contribution >= 4 is 6.03 Å². The lowest BCUT2D eigenvalue weighted by molar-refractivity contribution is 0.120. The lowest BCUT2D eigenvalue weighted by atomic mass is 10.1. The van der Waals surface area contributed by atoms with Crippen LogP contribution >= 0.6 is 0 Å². The summed E-state index contributed by atoms with van der Waals surface area (Å²) in [5.74, 6) is 0. The van der Waals surface area contributed by atoms with Crippen LogP contribution in [0.25, 0.3) is 0 Å².